The van der Waals surface area contributed by atoms with Crippen LogP contribution in [-0.2, 0) is 14.8 Å². The number of carbonyl (C=O) groups excluding carboxylic acids is 1. The van der Waals surface area contributed by atoms with Crippen molar-refractivity contribution in [3.8, 4) is 0 Å². The van der Waals surface area contributed by atoms with Crippen LogP contribution in [0.2, 0.25) is 0 Å². The second kappa shape index (κ2) is 5.85. The van der Waals surface area contributed by atoms with E-state index in [1.54, 1.807) is 24.3 Å². The van der Waals surface area contributed by atoms with Gasteiger partial charge in [0.05, 0.1) is 4.90 Å². The normalized spacial score (nSPS) is 22.8. The number of allylic oxidation sites excluding steroid dienone is 2. The maximum Gasteiger partial charge on any atom is 0.264 e. The number of fused-ring (bicyclic) bond motifs is 1. The highest BCUT2D eigenvalue weighted by Crippen LogP contribution is 2.47. The van der Waals surface area contributed by atoms with Crippen molar-refractivity contribution in [3.05, 3.63) is 77.5 Å². The molecule has 1 fully saturated rings. The summed E-state index contributed by atoms with van der Waals surface area (Å²) in [6, 6.07) is 16.7. The number of hydrogen-bond acceptors (Lipinski definition) is 3. The molecule has 0 unspecified atom stereocenters. The molecule has 2 aromatic rings. The Labute approximate surface area is 147 Å². The molecule has 1 heterocycles. The van der Waals surface area contributed by atoms with Gasteiger partial charge < -0.3 is 0 Å². The van der Waals surface area contributed by atoms with Crippen LogP contribution in [0.1, 0.15) is 23.5 Å². The van der Waals surface area contributed by atoms with Crippen LogP contribution in [0.25, 0.3) is 0 Å². The van der Waals surface area contributed by atoms with Gasteiger partial charge in [-0.2, -0.15) is 0 Å². The molecule has 4 rings (SSSR count). The van der Waals surface area contributed by atoms with Crippen LogP contribution < -0.4 is 0 Å². The molecule has 2 aromatic carbocycles. The van der Waals surface area contributed by atoms with E-state index < -0.39 is 10.0 Å². The predicted molar refractivity (Wildman–Crippen MR) is 95.5 cm³/mol. The summed E-state index contributed by atoms with van der Waals surface area (Å²) in [5.41, 5.74) is 2.73. The van der Waals surface area contributed by atoms with E-state index in [0.29, 0.717) is 18.7 Å². The van der Waals surface area contributed by atoms with Crippen LogP contribution in [0, 0.1) is 12.8 Å². The second-order valence-electron chi connectivity index (χ2n) is 6.71. The molecule has 1 saturated heterocycles. The van der Waals surface area contributed by atoms with E-state index in [1.807, 2.05) is 37.3 Å². The molecule has 1 aliphatic heterocycles. The van der Waals surface area contributed by atoms with Gasteiger partial charge in [0, 0.05) is 36.6 Å². The summed E-state index contributed by atoms with van der Waals surface area (Å²) < 4.78 is 27.7. The predicted octanol–water partition coefficient (Wildman–Crippen LogP) is 3.26. The van der Waals surface area contributed by atoms with E-state index in [9.17, 15) is 13.2 Å². The fraction of sp³-hybridized carbons (Fsp3) is 0.250. The Bertz CT molecular complexity index is 946. The van der Waals surface area contributed by atoms with Gasteiger partial charge in [0.2, 0.25) is 0 Å². The lowest BCUT2D eigenvalue weighted by atomic mass is 9.87. The van der Waals surface area contributed by atoms with E-state index >= 15 is 0 Å². The van der Waals surface area contributed by atoms with Gasteiger partial charge in [-0.25, -0.2) is 8.42 Å². The maximum atomic E-state index is 13.1. The molecule has 0 radical (unpaired) electrons. The first kappa shape index (κ1) is 16.1. The Kier molecular flexibility index (Phi) is 3.76. The zero-order valence-corrected chi connectivity index (χ0v) is 14.7. The highest BCUT2D eigenvalue weighted by molar-refractivity contribution is 7.89. The number of rotatable bonds is 3. The van der Waals surface area contributed by atoms with Crippen molar-refractivity contribution in [2.75, 3.05) is 6.54 Å². The zero-order valence-electron chi connectivity index (χ0n) is 13.9. The van der Waals surface area contributed by atoms with E-state index in [-0.39, 0.29) is 22.5 Å². The first-order chi connectivity index (χ1) is 12.0. The Morgan fingerprint density at radius 1 is 0.960 bits per heavy atom. The Balaban J connectivity index is 1.76. The van der Waals surface area contributed by atoms with Crippen LogP contribution in [0.4, 0.5) is 0 Å². The van der Waals surface area contributed by atoms with Gasteiger partial charge in [-0.05, 0) is 24.6 Å². The maximum absolute atomic E-state index is 13.1. The number of sulfonamides is 1. The molecule has 0 aromatic heterocycles. The second-order valence-corrected chi connectivity index (χ2v) is 8.57. The SMILES string of the molecule is Cc1ccc(S(=O)(=O)N2C[C@@H](c3ccccc3)[C@@H]3CC(=O)C=C32)cc1. The molecule has 4 nitrogen and oxygen atoms in total. The topological polar surface area (TPSA) is 54.5 Å². The summed E-state index contributed by atoms with van der Waals surface area (Å²) in [5, 5.41) is 0. The number of hydrogen-bond donors (Lipinski definition) is 0. The Morgan fingerprint density at radius 3 is 2.32 bits per heavy atom. The molecule has 2 aliphatic rings. The highest BCUT2D eigenvalue weighted by atomic mass is 32.2. The van der Waals surface area contributed by atoms with Crippen molar-refractivity contribution in [2.45, 2.75) is 24.2 Å². The lowest BCUT2D eigenvalue weighted by Gasteiger charge is -2.20. The molecule has 25 heavy (non-hydrogen) atoms. The fourth-order valence-corrected chi connectivity index (χ4v) is 5.34. The average molecular weight is 353 g/mol. The van der Waals surface area contributed by atoms with Crippen LogP contribution >= 0.6 is 0 Å². The summed E-state index contributed by atoms with van der Waals surface area (Å²) >= 11 is 0. The molecule has 0 spiro atoms. The molecule has 2 atom stereocenters. The van der Waals surface area contributed by atoms with Crippen molar-refractivity contribution in [2.24, 2.45) is 5.92 Å². The standard InChI is InChI=1S/C20H19NO3S/c1-14-7-9-17(10-8-14)25(23,24)21-13-19(15-5-3-2-4-6-15)18-11-16(22)12-20(18)21/h2-10,12,18-19H,11,13H2,1H3/t18-,19-/m0/s1. The first-order valence-electron chi connectivity index (χ1n) is 8.35. The summed E-state index contributed by atoms with van der Waals surface area (Å²) in [5.74, 6) is -0.0426. The van der Waals surface area contributed by atoms with Crippen molar-refractivity contribution < 1.29 is 13.2 Å². The van der Waals surface area contributed by atoms with Crippen molar-refractivity contribution in [1.82, 2.24) is 4.31 Å². The van der Waals surface area contributed by atoms with Crippen LogP contribution in [0.15, 0.2) is 71.3 Å². The molecule has 1 aliphatic carbocycles. The lowest BCUT2D eigenvalue weighted by molar-refractivity contribution is -0.114. The Hall–Kier alpha value is -2.40. The van der Waals surface area contributed by atoms with E-state index in [0.717, 1.165) is 11.1 Å². The monoisotopic (exact) mass is 353 g/mol. The molecule has 5 heteroatoms. The molecule has 0 amide bonds. The van der Waals surface area contributed by atoms with Gasteiger partial charge in [0.25, 0.3) is 10.0 Å². The summed E-state index contributed by atoms with van der Waals surface area (Å²) in [4.78, 5) is 12.3. The smallest absolute Gasteiger partial charge is 0.264 e. The Morgan fingerprint density at radius 2 is 1.64 bits per heavy atom. The molecule has 0 N–H and O–H groups in total. The highest BCUT2D eigenvalue weighted by Gasteiger charge is 2.46. The van der Waals surface area contributed by atoms with Crippen molar-refractivity contribution in [3.63, 3.8) is 0 Å². The number of ketones is 1. The van der Waals surface area contributed by atoms with Gasteiger partial charge >= 0.3 is 0 Å². The minimum absolute atomic E-state index is 0.00439. The van der Waals surface area contributed by atoms with E-state index in [4.69, 9.17) is 0 Å². The third-order valence-electron chi connectivity index (χ3n) is 5.08. The van der Waals surface area contributed by atoms with E-state index in [2.05, 4.69) is 0 Å². The van der Waals surface area contributed by atoms with Gasteiger partial charge in [-0.1, -0.05) is 48.0 Å². The quantitative estimate of drug-likeness (QED) is 0.851. The minimum Gasteiger partial charge on any atom is -0.295 e. The van der Waals surface area contributed by atoms with Crippen molar-refractivity contribution in [1.29, 1.82) is 0 Å². The minimum atomic E-state index is -3.66. The average Bonchev–Trinajstić information content (AvgIpc) is 3.13. The van der Waals surface area contributed by atoms with Crippen LogP contribution in [0.3, 0.4) is 0 Å². The number of aryl methyl sites for hydroxylation is 1. The third-order valence-corrected chi connectivity index (χ3v) is 6.89. The number of carbonyl (C=O) groups is 1. The van der Waals surface area contributed by atoms with Crippen molar-refractivity contribution >= 4 is 15.8 Å². The summed E-state index contributed by atoms with van der Waals surface area (Å²) in [6.45, 7) is 2.30. The number of nitrogens with zero attached hydrogens (tertiary/aromatic N) is 1. The molecular weight excluding hydrogens is 334 g/mol. The van der Waals surface area contributed by atoms with Gasteiger partial charge in [-0.15, -0.1) is 0 Å². The molecular formula is C20H19NO3S. The molecule has 0 bridgehead atoms. The molecule has 128 valence electrons. The summed E-state index contributed by atoms with van der Waals surface area (Å²) in [7, 11) is -3.66. The summed E-state index contributed by atoms with van der Waals surface area (Å²) in [6.07, 6.45) is 1.90. The fourth-order valence-electron chi connectivity index (χ4n) is 3.78. The van der Waals surface area contributed by atoms with Crippen LogP contribution in [0.5, 0.6) is 0 Å². The van der Waals surface area contributed by atoms with Gasteiger partial charge in [0.15, 0.2) is 5.78 Å². The largest absolute Gasteiger partial charge is 0.295 e. The first-order valence-corrected chi connectivity index (χ1v) is 9.79. The third kappa shape index (κ3) is 2.68. The zero-order chi connectivity index (χ0) is 17.6. The van der Waals surface area contributed by atoms with Gasteiger partial charge in [0.1, 0.15) is 0 Å². The van der Waals surface area contributed by atoms with Gasteiger partial charge in [-0.3, -0.25) is 9.10 Å². The number of benzene rings is 2. The van der Waals surface area contributed by atoms with E-state index in [1.165, 1.54) is 10.4 Å². The lowest BCUT2D eigenvalue weighted by Crippen LogP contribution is -2.27. The van der Waals surface area contributed by atoms with Crippen LogP contribution in [-0.4, -0.2) is 25.1 Å². The molecule has 0 saturated carbocycles.